The van der Waals surface area contributed by atoms with Gasteiger partial charge in [-0.2, -0.15) is 0 Å². The molecule has 0 aliphatic carbocycles. The number of rotatable bonds is 3. The molecule has 1 aliphatic heterocycles. The number of aliphatic carboxylic acids is 2. The lowest BCUT2D eigenvalue weighted by Crippen LogP contribution is -2.31. The zero-order valence-corrected chi connectivity index (χ0v) is 12.1. The largest absolute Gasteiger partial charge is 0.478 e. The van der Waals surface area contributed by atoms with E-state index < -0.39 is 17.9 Å². The van der Waals surface area contributed by atoms with E-state index in [9.17, 15) is 19.8 Å². The lowest BCUT2D eigenvalue weighted by atomic mass is 9.81. The van der Waals surface area contributed by atoms with Crippen LogP contribution in [0.1, 0.15) is 25.3 Å². The lowest BCUT2D eigenvalue weighted by molar-refractivity contribution is -0.133. The molecule has 2 rings (SSSR count). The molecule has 3 N–H and O–H groups in total. The summed E-state index contributed by atoms with van der Waals surface area (Å²) >= 11 is 6.03. The summed E-state index contributed by atoms with van der Waals surface area (Å²) in [4.78, 5) is 27.0. The summed E-state index contributed by atoms with van der Waals surface area (Å²) in [6, 6.07) is 3.17. The molecule has 0 spiro atoms. The van der Waals surface area contributed by atoms with Crippen molar-refractivity contribution in [3.8, 4) is 0 Å². The highest BCUT2D eigenvalue weighted by molar-refractivity contribution is 6.30. The Morgan fingerprint density at radius 2 is 1.71 bits per heavy atom. The van der Waals surface area contributed by atoms with E-state index in [1.165, 1.54) is 6.20 Å². The van der Waals surface area contributed by atoms with Gasteiger partial charge in [0.1, 0.15) is 5.15 Å². The number of halogens is 1. The van der Waals surface area contributed by atoms with E-state index >= 15 is 0 Å². The maximum atomic E-state index is 11.6. The summed E-state index contributed by atoms with van der Waals surface area (Å²) in [5.74, 6) is -3.37. The summed E-state index contributed by atoms with van der Waals surface area (Å²) in [5.41, 5.74) is 1.03. The summed E-state index contributed by atoms with van der Waals surface area (Å²) in [6.45, 7) is 3.17. The van der Waals surface area contributed by atoms with Crippen molar-refractivity contribution in [2.75, 3.05) is 0 Å². The Hall–Kier alpha value is -2.34. The molecule has 0 aromatic carbocycles. The zero-order valence-electron chi connectivity index (χ0n) is 11.3. The van der Waals surface area contributed by atoms with Crippen molar-refractivity contribution < 1.29 is 19.8 Å². The minimum Gasteiger partial charge on any atom is -0.478 e. The van der Waals surface area contributed by atoms with Gasteiger partial charge in [0.05, 0.1) is 17.1 Å². The van der Waals surface area contributed by atoms with E-state index in [0.29, 0.717) is 17.0 Å². The summed E-state index contributed by atoms with van der Waals surface area (Å²) in [5, 5.41) is 21.8. The maximum absolute atomic E-state index is 11.6. The second-order valence-corrected chi connectivity index (χ2v) is 4.99. The predicted molar refractivity (Wildman–Crippen MR) is 75.8 cm³/mol. The van der Waals surface area contributed by atoms with Gasteiger partial charge in [-0.15, -0.1) is 0 Å². The average Bonchev–Trinajstić information content (AvgIpc) is 2.37. The highest BCUT2D eigenvalue weighted by atomic mass is 35.5. The van der Waals surface area contributed by atoms with E-state index in [2.05, 4.69) is 10.3 Å². The molecular formula is C14H13ClN2O4. The highest BCUT2D eigenvalue weighted by Crippen LogP contribution is 2.40. The Morgan fingerprint density at radius 1 is 1.19 bits per heavy atom. The van der Waals surface area contributed by atoms with Gasteiger partial charge in [0.2, 0.25) is 0 Å². The third-order valence-electron chi connectivity index (χ3n) is 3.32. The first-order chi connectivity index (χ1) is 9.84. The number of aromatic nitrogens is 1. The van der Waals surface area contributed by atoms with Crippen molar-refractivity contribution >= 4 is 23.5 Å². The molecule has 0 saturated carbocycles. The van der Waals surface area contributed by atoms with E-state index in [-0.39, 0.29) is 16.3 Å². The Morgan fingerprint density at radius 3 is 2.14 bits per heavy atom. The summed E-state index contributed by atoms with van der Waals surface area (Å²) in [7, 11) is 0. The molecule has 1 aromatic heterocycles. The third-order valence-corrected chi connectivity index (χ3v) is 3.64. The second-order valence-electron chi connectivity index (χ2n) is 4.63. The van der Waals surface area contributed by atoms with Crippen LogP contribution in [0.3, 0.4) is 0 Å². The van der Waals surface area contributed by atoms with Crippen LogP contribution in [0.2, 0.25) is 5.15 Å². The molecular weight excluding hydrogens is 296 g/mol. The van der Waals surface area contributed by atoms with Crippen molar-refractivity contribution in [1.29, 1.82) is 0 Å². The zero-order chi connectivity index (χ0) is 15.7. The Balaban J connectivity index is 2.74. The number of carboxylic acid groups (broad SMARTS) is 2. The molecule has 6 nitrogen and oxygen atoms in total. The number of dihydropyridines is 1. The van der Waals surface area contributed by atoms with Gasteiger partial charge in [0, 0.05) is 23.2 Å². The molecule has 0 bridgehead atoms. The van der Waals surface area contributed by atoms with Crippen LogP contribution >= 0.6 is 11.6 Å². The van der Waals surface area contributed by atoms with Crippen LogP contribution in [0.15, 0.2) is 40.9 Å². The van der Waals surface area contributed by atoms with Gasteiger partial charge in [-0.3, -0.25) is 0 Å². The van der Waals surface area contributed by atoms with Gasteiger partial charge in [-0.25, -0.2) is 14.6 Å². The van der Waals surface area contributed by atoms with Gasteiger partial charge in [0.25, 0.3) is 0 Å². The van der Waals surface area contributed by atoms with Gasteiger partial charge >= 0.3 is 11.9 Å². The first kappa shape index (κ1) is 15.1. The smallest absolute Gasteiger partial charge is 0.334 e. The highest BCUT2D eigenvalue weighted by Gasteiger charge is 2.37. The fraction of sp³-hybridized carbons (Fsp3) is 0.214. The molecule has 7 heteroatoms. The first-order valence-electron chi connectivity index (χ1n) is 6.10. The number of hydrogen-bond acceptors (Lipinski definition) is 4. The van der Waals surface area contributed by atoms with Gasteiger partial charge in [-0.05, 0) is 19.9 Å². The quantitative estimate of drug-likeness (QED) is 0.740. The maximum Gasteiger partial charge on any atom is 0.334 e. The number of hydrogen-bond donors (Lipinski definition) is 3. The normalized spacial score (nSPS) is 16.0. The number of nitrogens with one attached hydrogen (secondary N) is 1. The fourth-order valence-corrected chi connectivity index (χ4v) is 2.71. The lowest BCUT2D eigenvalue weighted by Gasteiger charge is -2.28. The number of nitrogens with zero attached hydrogens (tertiary/aromatic N) is 1. The van der Waals surface area contributed by atoms with Crippen molar-refractivity contribution in [3.05, 3.63) is 51.6 Å². The Labute approximate surface area is 125 Å². The number of carboxylic acids is 2. The molecule has 0 unspecified atom stereocenters. The molecule has 21 heavy (non-hydrogen) atoms. The molecule has 0 amide bonds. The van der Waals surface area contributed by atoms with Crippen molar-refractivity contribution in [3.63, 3.8) is 0 Å². The molecule has 0 atom stereocenters. The van der Waals surface area contributed by atoms with Crippen molar-refractivity contribution in [2.24, 2.45) is 0 Å². The first-order valence-corrected chi connectivity index (χ1v) is 6.48. The molecule has 0 fully saturated rings. The number of allylic oxidation sites excluding steroid dienone is 2. The van der Waals surface area contributed by atoms with Gasteiger partial charge < -0.3 is 15.5 Å². The van der Waals surface area contributed by atoms with Crippen LogP contribution in [0, 0.1) is 0 Å². The third kappa shape index (κ3) is 2.62. The predicted octanol–water partition coefficient (Wildman–Crippen LogP) is 2.14. The molecule has 0 radical (unpaired) electrons. The number of pyridine rings is 1. The molecule has 1 aliphatic rings. The van der Waals surface area contributed by atoms with Crippen LogP contribution in [-0.2, 0) is 9.59 Å². The van der Waals surface area contributed by atoms with Crippen LogP contribution in [0.5, 0.6) is 0 Å². The van der Waals surface area contributed by atoms with Gasteiger partial charge in [0.15, 0.2) is 0 Å². The Bertz CT molecular complexity index is 658. The molecule has 2 heterocycles. The SMILES string of the molecule is CC1=C(C(=O)O)C(c2cccnc2Cl)C(C(=O)O)=C(C)N1. The average molecular weight is 309 g/mol. The number of carbonyl (C=O) groups is 2. The fourth-order valence-electron chi connectivity index (χ4n) is 2.49. The minimum absolute atomic E-state index is 0.0482. The molecule has 1 aromatic rings. The molecule has 0 saturated heterocycles. The van der Waals surface area contributed by atoms with E-state index in [0.717, 1.165) is 0 Å². The van der Waals surface area contributed by atoms with Crippen LogP contribution in [0.25, 0.3) is 0 Å². The van der Waals surface area contributed by atoms with Crippen molar-refractivity contribution in [2.45, 2.75) is 19.8 Å². The second kappa shape index (κ2) is 5.57. The van der Waals surface area contributed by atoms with E-state index in [1.807, 2.05) is 0 Å². The Kier molecular flexibility index (Phi) is 3.99. The topological polar surface area (TPSA) is 99.5 Å². The van der Waals surface area contributed by atoms with E-state index in [4.69, 9.17) is 11.6 Å². The van der Waals surface area contributed by atoms with Crippen LogP contribution in [0.4, 0.5) is 0 Å². The molecule has 110 valence electrons. The van der Waals surface area contributed by atoms with Crippen LogP contribution in [-0.4, -0.2) is 27.1 Å². The monoisotopic (exact) mass is 308 g/mol. The van der Waals surface area contributed by atoms with Gasteiger partial charge in [-0.1, -0.05) is 17.7 Å². The minimum atomic E-state index is -1.20. The van der Waals surface area contributed by atoms with Crippen LogP contribution < -0.4 is 5.32 Å². The summed E-state index contributed by atoms with van der Waals surface area (Å²) in [6.07, 6.45) is 1.46. The van der Waals surface area contributed by atoms with E-state index in [1.54, 1.807) is 26.0 Å². The summed E-state index contributed by atoms with van der Waals surface area (Å²) < 4.78 is 0. The standard InChI is InChI=1S/C14H13ClN2O4/c1-6-9(13(18)19)11(8-4-3-5-16-12(8)15)10(14(20)21)7(2)17-6/h3-5,11,17H,1-2H3,(H,18,19)(H,20,21). The van der Waals surface area contributed by atoms with Crippen molar-refractivity contribution in [1.82, 2.24) is 10.3 Å².